The van der Waals surface area contributed by atoms with Crippen molar-refractivity contribution < 1.29 is 23.8 Å². The molecule has 6 nitrogen and oxygen atoms in total. The molecule has 0 spiro atoms. The monoisotopic (exact) mass is 293 g/mol. The summed E-state index contributed by atoms with van der Waals surface area (Å²) < 4.78 is 15.2. The molecule has 2 atom stereocenters. The molecule has 0 saturated carbocycles. The van der Waals surface area contributed by atoms with Crippen LogP contribution < -0.4 is 0 Å². The Hall–Kier alpha value is -2.08. The van der Waals surface area contributed by atoms with Gasteiger partial charge in [-0.25, -0.2) is 4.79 Å². The minimum atomic E-state index is -0.468. The number of hydrogen-bond acceptors (Lipinski definition) is 5. The predicted octanol–water partition coefficient (Wildman–Crippen LogP) is 1.44. The third-order valence-corrected chi connectivity index (χ3v) is 3.54. The highest BCUT2D eigenvalue weighted by molar-refractivity contribution is 5.76. The molecule has 0 bridgehead atoms. The summed E-state index contributed by atoms with van der Waals surface area (Å²) in [6, 6.07) is 9.43. The van der Waals surface area contributed by atoms with E-state index in [2.05, 4.69) is 0 Å². The van der Waals surface area contributed by atoms with Gasteiger partial charge in [-0.05, 0) is 5.56 Å². The molecule has 0 N–H and O–H groups in total. The van der Waals surface area contributed by atoms with Crippen molar-refractivity contribution in [2.75, 3.05) is 27.3 Å². The lowest BCUT2D eigenvalue weighted by Gasteiger charge is -2.15. The maximum Gasteiger partial charge on any atom is 0.410 e. The van der Waals surface area contributed by atoms with Gasteiger partial charge in [-0.15, -0.1) is 0 Å². The van der Waals surface area contributed by atoms with Gasteiger partial charge in [0.1, 0.15) is 12.5 Å². The van der Waals surface area contributed by atoms with Crippen LogP contribution in [0.2, 0.25) is 0 Å². The number of carbonyl (C=O) groups is 2. The van der Waals surface area contributed by atoms with E-state index in [1.165, 1.54) is 19.1 Å². The normalized spacial score (nSPS) is 21.1. The molecule has 1 fully saturated rings. The molecule has 0 radical (unpaired) electrons. The van der Waals surface area contributed by atoms with E-state index in [0.717, 1.165) is 5.56 Å². The molecule has 1 amide bonds. The summed E-state index contributed by atoms with van der Waals surface area (Å²) in [4.78, 5) is 25.2. The zero-order valence-corrected chi connectivity index (χ0v) is 12.2. The van der Waals surface area contributed by atoms with E-state index in [1.54, 1.807) is 0 Å². The summed E-state index contributed by atoms with van der Waals surface area (Å²) >= 11 is 0. The first-order valence-electron chi connectivity index (χ1n) is 6.72. The van der Waals surface area contributed by atoms with Crippen molar-refractivity contribution in [3.8, 4) is 0 Å². The minimum Gasteiger partial charge on any atom is -0.469 e. The largest absolute Gasteiger partial charge is 0.469 e. The Kier molecular flexibility index (Phi) is 5.16. The van der Waals surface area contributed by atoms with Crippen molar-refractivity contribution in [1.82, 2.24) is 4.90 Å². The van der Waals surface area contributed by atoms with Crippen LogP contribution in [0.3, 0.4) is 0 Å². The zero-order chi connectivity index (χ0) is 15.2. The Morgan fingerprint density at radius 2 is 1.90 bits per heavy atom. The molecule has 1 aromatic carbocycles. The van der Waals surface area contributed by atoms with Crippen LogP contribution in [0.1, 0.15) is 5.56 Å². The van der Waals surface area contributed by atoms with Crippen LogP contribution in [0, 0.1) is 5.92 Å². The van der Waals surface area contributed by atoms with Gasteiger partial charge < -0.3 is 19.1 Å². The second kappa shape index (κ2) is 7.08. The van der Waals surface area contributed by atoms with Crippen molar-refractivity contribution in [3.05, 3.63) is 35.9 Å². The fourth-order valence-electron chi connectivity index (χ4n) is 2.35. The highest BCUT2D eigenvalue weighted by Gasteiger charge is 2.41. The topological polar surface area (TPSA) is 65.1 Å². The summed E-state index contributed by atoms with van der Waals surface area (Å²) in [6.45, 7) is 0.777. The Bertz CT molecular complexity index is 490. The fraction of sp³-hybridized carbons (Fsp3) is 0.467. The summed E-state index contributed by atoms with van der Waals surface area (Å²) in [5.41, 5.74) is 0.915. The second-order valence-corrected chi connectivity index (χ2v) is 4.85. The van der Waals surface area contributed by atoms with E-state index < -0.39 is 12.0 Å². The van der Waals surface area contributed by atoms with Crippen molar-refractivity contribution in [2.24, 2.45) is 5.92 Å². The molecule has 1 heterocycles. The minimum absolute atomic E-state index is 0.205. The summed E-state index contributed by atoms with van der Waals surface area (Å²) in [5, 5.41) is 0. The molecule has 2 rings (SSSR count). The second-order valence-electron chi connectivity index (χ2n) is 4.85. The van der Waals surface area contributed by atoms with Gasteiger partial charge in [0.15, 0.2) is 0 Å². The standard InChI is InChI=1S/C15H19NO5/c1-19-13-9-16(8-12(13)14(17)20-2)15(18)21-10-11-6-4-3-5-7-11/h3-7,12-13H,8-10H2,1-2H3/t12-,13-/m0/s1. The van der Waals surface area contributed by atoms with Crippen LogP contribution in [0.25, 0.3) is 0 Å². The molecule has 21 heavy (non-hydrogen) atoms. The fourth-order valence-corrected chi connectivity index (χ4v) is 2.35. The summed E-state index contributed by atoms with van der Waals surface area (Å²) in [5.74, 6) is -0.843. The maximum absolute atomic E-state index is 12.0. The van der Waals surface area contributed by atoms with Crippen LogP contribution in [0.15, 0.2) is 30.3 Å². The average Bonchev–Trinajstić information content (AvgIpc) is 2.97. The number of carbonyl (C=O) groups excluding carboxylic acids is 2. The number of esters is 1. The smallest absolute Gasteiger partial charge is 0.410 e. The quantitative estimate of drug-likeness (QED) is 0.786. The molecule has 1 saturated heterocycles. The van der Waals surface area contributed by atoms with Gasteiger partial charge in [0.25, 0.3) is 0 Å². The zero-order valence-electron chi connectivity index (χ0n) is 12.2. The Morgan fingerprint density at radius 3 is 2.52 bits per heavy atom. The molecule has 0 unspecified atom stereocenters. The van der Waals surface area contributed by atoms with Crippen LogP contribution in [0.5, 0.6) is 0 Å². The number of nitrogens with zero attached hydrogens (tertiary/aromatic N) is 1. The molecule has 1 aromatic rings. The van der Waals surface area contributed by atoms with E-state index in [9.17, 15) is 9.59 Å². The van der Waals surface area contributed by atoms with Crippen LogP contribution in [0.4, 0.5) is 4.79 Å². The van der Waals surface area contributed by atoms with E-state index in [1.807, 2.05) is 30.3 Å². The van der Waals surface area contributed by atoms with E-state index in [0.29, 0.717) is 6.54 Å². The van der Waals surface area contributed by atoms with Gasteiger partial charge in [0, 0.05) is 13.7 Å². The van der Waals surface area contributed by atoms with E-state index in [4.69, 9.17) is 14.2 Å². The Balaban J connectivity index is 1.90. The molecule has 0 aromatic heterocycles. The number of likely N-dealkylation sites (tertiary alicyclic amines) is 1. The molecular weight excluding hydrogens is 274 g/mol. The predicted molar refractivity (Wildman–Crippen MR) is 74.5 cm³/mol. The van der Waals surface area contributed by atoms with Crippen LogP contribution >= 0.6 is 0 Å². The summed E-state index contributed by atoms with van der Waals surface area (Å²) in [6.07, 6.45) is -0.811. The van der Waals surface area contributed by atoms with Crippen molar-refractivity contribution >= 4 is 12.1 Å². The summed E-state index contributed by atoms with van der Waals surface area (Å²) in [7, 11) is 2.84. The molecular formula is C15H19NO5. The SMILES string of the molecule is COC(=O)[C@H]1CN(C(=O)OCc2ccccc2)C[C@@H]1OC. The number of benzene rings is 1. The highest BCUT2D eigenvalue weighted by atomic mass is 16.6. The first kappa shape index (κ1) is 15.3. The highest BCUT2D eigenvalue weighted by Crippen LogP contribution is 2.21. The van der Waals surface area contributed by atoms with Gasteiger partial charge in [-0.1, -0.05) is 30.3 Å². The van der Waals surface area contributed by atoms with E-state index >= 15 is 0 Å². The van der Waals surface area contributed by atoms with Gasteiger partial charge in [-0.3, -0.25) is 4.79 Å². The number of amides is 1. The molecule has 0 aliphatic carbocycles. The third-order valence-electron chi connectivity index (χ3n) is 3.54. The van der Waals surface area contributed by atoms with Crippen LogP contribution in [-0.2, 0) is 25.6 Å². The van der Waals surface area contributed by atoms with Gasteiger partial charge >= 0.3 is 12.1 Å². The Morgan fingerprint density at radius 1 is 1.19 bits per heavy atom. The lowest BCUT2D eigenvalue weighted by atomic mass is 10.1. The molecule has 1 aliphatic heterocycles. The lowest BCUT2D eigenvalue weighted by molar-refractivity contribution is -0.148. The average molecular weight is 293 g/mol. The maximum atomic E-state index is 12.0. The van der Waals surface area contributed by atoms with Crippen molar-refractivity contribution in [1.29, 1.82) is 0 Å². The molecule has 1 aliphatic rings. The van der Waals surface area contributed by atoms with Crippen molar-refractivity contribution in [2.45, 2.75) is 12.7 Å². The number of hydrogen-bond donors (Lipinski definition) is 0. The van der Waals surface area contributed by atoms with Gasteiger partial charge in [0.2, 0.25) is 0 Å². The first-order valence-corrected chi connectivity index (χ1v) is 6.72. The van der Waals surface area contributed by atoms with E-state index in [-0.39, 0.29) is 25.2 Å². The molecule has 114 valence electrons. The third kappa shape index (κ3) is 3.72. The number of rotatable bonds is 4. The van der Waals surface area contributed by atoms with Crippen LogP contribution in [-0.4, -0.2) is 50.4 Å². The molecule has 6 heteroatoms. The number of methoxy groups -OCH3 is 2. The van der Waals surface area contributed by atoms with Gasteiger partial charge in [-0.2, -0.15) is 0 Å². The first-order chi connectivity index (χ1) is 10.2. The lowest BCUT2D eigenvalue weighted by Crippen LogP contribution is -2.30. The van der Waals surface area contributed by atoms with Crippen molar-refractivity contribution in [3.63, 3.8) is 0 Å². The Labute approximate surface area is 123 Å². The number of ether oxygens (including phenoxy) is 3. The van der Waals surface area contributed by atoms with Gasteiger partial charge in [0.05, 0.1) is 19.8 Å².